The smallest absolute Gasteiger partial charge is 0.340 e. The van der Waals surface area contributed by atoms with Crippen molar-refractivity contribution in [3.63, 3.8) is 0 Å². The highest BCUT2D eigenvalue weighted by Crippen LogP contribution is 2.31. The number of nitrogen functional groups attached to an aromatic ring is 1. The third-order valence-corrected chi connectivity index (χ3v) is 4.19. The first-order valence-electron chi connectivity index (χ1n) is 7.02. The molecule has 0 bridgehead atoms. The van der Waals surface area contributed by atoms with Crippen molar-refractivity contribution in [1.82, 2.24) is 0 Å². The summed E-state index contributed by atoms with van der Waals surface area (Å²) >= 11 is 1.69. The molecular formula is C16H20N2O2S. The highest BCUT2D eigenvalue weighted by atomic mass is 32.1. The maximum Gasteiger partial charge on any atom is 0.340 e. The first-order valence-corrected chi connectivity index (χ1v) is 7.90. The van der Waals surface area contributed by atoms with Gasteiger partial charge in [-0.3, -0.25) is 0 Å². The fraction of sp³-hybridized carbons (Fsp3) is 0.312. The molecule has 1 aromatic heterocycles. The predicted octanol–water partition coefficient (Wildman–Crippen LogP) is 4.07. The number of carbonyl (C=O) groups is 1. The number of hydrogen-bond acceptors (Lipinski definition) is 5. The van der Waals surface area contributed by atoms with Crippen LogP contribution in [0.3, 0.4) is 0 Å². The van der Waals surface area contributed by atoms with Crippen molar-refractivity contribution in [3.05, 3.63) is 46.2 Å². The molecule has 1 unspecified atom stereocenters. The minimum atomic E-state index is -0.353. The van der Waals surface area contributed by atoms with E-state index in [1.165, 1.54) is 4.88 Å². The molecule has 2 rings (SSSR count). The molecule has 0 fully saturated rings. The van der Waals surface area contributed by atoms with Gasteiger partial charge in [-0.15, -0.1) is 11.3 Å². The summed E-state index contributed by atoms with van der Waals surface area (Å²) in [4.78, 5) is 13.3. The van der Waals surface area contributed by atoms with Crippen LogP contribution in [0.15, 0.2) is 35.7 Å². The van der Waals surface area contributed by atoms with Crippen molar-refractivity contribution in [2.24, 2.45) is 0 Å². The fourth-order valence-electron chi connectivity index (χ4n) is 2.15. The van der Waals surface area contributed by atoms with Crippen LogP contribution in [0.25, 0.3) is 0 Å². The summed E-state index contributed by atoms with van der Waals surface area (Å²) in [6.07, 6.45) is 0.900. The van der Waals surface area contributed by atoms with Gasteiger partial charge in [0, 0.05) is 4.88 Å². The van der Waals surface area contributed by atoms with Crippen molar-refractivity contribution in [2.75, 3.05) is 17.7 Å². The van der Waals surface area contributed by atoms with Crippen molar-refractivity contribution in [3.8, 4) is 0 Å². The maximum atomic E-state index is 12.1. The molecular weight excluding hydrogens is 284 g/mol. The third kappa shape index (κ3) is 3.55. The minimum absolute atomic E-state index is 0.128. The Kier molecular flexibility index (Phi) is 5.22. The second kappa shape index (κ2) is 7.13. The van der Waals surface area contributed by atoms with Crippen molar-refractivity contribution in [1.29, 1.82) is 0 Å². The molecule has 21 heavy (non-hydrogen) atoms. The standard InChI is InChI=1S/C16H20N2O2S/c1-3-13(14-9-6-10-21-14)18-15-11(16(19)20-4-2)7-5-8-12(15)17/h5-10,13,18H,3-4,17H2,1-2H3. The van der Waals surface area contributed by atoms with E-state index >= 15 is 0 Å². The number of carbonyl (C=O) groups excluding carboxylic acids is 1. The van der Waals surface area contributed by atoms with Gasteiger partial charge in [-0.2, -0.15) is 0 Å². The molecule has 0 saturated carbocycles. The van der Waals surface area contributed by atoms with E-state index in [2.05, 4.69) is 18.3 Å². The van der Waals surface area contributed by atoms with Gasteiger partial charge in [0.2, 0.25) is 0 Å². The van der Waals surface area contributed by atoms with Gasteiger partial charge in [0.15, 0.2) is 0 Å². The van der Waals surface area contributed by atoms with Crippen molar-refractivity contribution < 1.29 is 9.53 Å². The number of nitrogens with two attached hydrogens (primary N) is 1. The number of thiophene rings is 1. The maximum absolute atomic E-state index is 12.1. The average Bonchev–Trinajstić information content (AvgIpc) is 3.00. The second-order valence-electron chi connectivity index (χ2n) is 4.61. The normalized spacial score (nSPS) is 11.9. The van der Waals surface area contributed by atoms with Gasteiger partial charge in [0.1, 0.15) is 0 Å². The summed E-state index contributed by atoms with van der Waals surface area (Å²) in [5.41, 5.74) is 7.72. The Labute approximate surface area is 128 Å². The molecule has 0 radical (unpaired) electrons. The van der Waals surface area contributed by atoms with Gasteiger partial charge in [0.25, 0.3) is 0 Å². The van der Waals surface area contributed by atoms with Gasteiger partial charge in [0.05, 0.1) is 29.6 Å². The van der Waals surface area contributed by atoms with E-state index in [0.29, 0.717) is 23.5 Å². The Balaban J connectivity index is 2.32. The van der Waals surface area contributed by atoms with Gasteiger partial charge < -0.3 is 15.8 Å². The monoisotopic (exact) mass is 304 g/mol. The minimum Gasteiger partial charge on any atom is -0.462 e. The summed E-state index contributed by atoms with van der Waals surface area (Å²) in [7, 11) is 0. The third-order valence-electron chi connectivity index (χ3n) is 3.21. The van der Waals surface area contributed by atoms with Crippen LogP contribution < -0.4 is 11.1 Å². The van der Waals surface area contributed by atoms with Crippen molar-refractivity contribution in [2.45, 2.75) is 26.3 Å². The zero-order valence-corrected chi connectivity index (χ0v) is 13.1. The Morgan fingerprint density at radius 1 is 1.33 bits per heavy atom. The molecule has 0 aliphatic heterocycles. The summed E-state index contributed by atoms with van der Waals surface area (Å²) < 4.78 is 5.10. The van der Waals surface area contributed by atoms with Gasteiger partial charge in [-0.1, -0.05) is 19.1 Å². The molecule has 0 amide bonds. The van der Waals surface area contributed by atoms with Crippen LogP contribution in [0, 0.1) is 0 Å². The number of hydrogen-bond donors (Lipinski definition) is 2. The van der Waals surface area contributed by atoms with Crippen LogP contribution in [-0.2, 0) is 4.74 Å². The second-order valence-corrected chi connectivity index (χ2v) is 5.59. The Morgan fingerprint density at radius 2 is 2.14 bits per heavy atom. The topological polar surface area (TPSA) is 64.3 Å². The number of nitrogens with one attached hydrogen (secondary N) is 1. The molecule has 1 atom stereocenters. The molecule has 5 heteroatoms. The zero-order valence-electron chi connectivity index (χ0n) is 12.3. The molecule has 4 nitrogen and oxygen atoms in total. The lowest BCUT2D eigenvalue weighted by atomic mass is 10.1. The molecule has 112 valence electrons. The molecule has 0 saturated heterocycles. The van der Waals surface area contributed by atoms with Gasteiger partial charge in [-0.25, -0.2) is 4.79 Å². The van der Waals surface area contributed by atoms with E-state index in [-0.39, 0.29) is 12.0 Å². The predicted molar refractivity (Wildman–Crippen MR) is 87.8 cm³/mol. The van der Waals surface area contributed by atoms with E-state index in [1.54, 1.807) is 36.5 Å². The highest BCUT2D eigenvalue weighted by molar-refractivity contribution is 7.10. The van der Waals surface area contributed by atoms with E-state index < -0.39 is 0 Å². The Hall–Kier alpha value is -2.01. The van der Waals surface area contributed by atoms with E-state index in [9.17, 15) is 4.79 Å². The number of ether oxygens (including phenoxy) is 1. The number of para-hydroxylation sites is 1. The Morgan fingerprint density at radius 3 is 2.76 bits per heavy atom. The average molecular weight is 304 g/mol. The van der Waals surface area contributed by atoms with Crippen LogP contribution in [0.1, 0.15) is 41.5 Å². The molecule has 0 aliphatic carbocycles. The number of rotatable bonds is 6. The summed E-state index contributed by atoms with van der Waals surface area (Å²) in [5, 5.41) is 5.43. The molecule has 3 N–H and O–H groups in total. The van der Waals surface area contributed by atoms with E-state index in [4.69, 9.17) is 10.5 Å². The van der Waals surface area contributed by atoms with Crippen LogP contribution in [0.2, 0.25) is 0 Å². The van der Waals surface area contributed by atoms with Crippen LogP contribution in [0.4, 0.5) is 11.4 Å². The lowest BCUT2D eigenvalue weighted by Gasteiger charge is -2.20. The summed E-state index contributed by atoms with van der Waals surface area (Å²) in [6, 6.07) is 9.51. The Bertz CT molecular complexity index is 596. The SMILES string of the molecule is CCOC(=O)c1cccc(N)c1NC(CC)c1cccs1. The van der Waals surface area contributed by atoms with Gasteiger partial charge in [-0.05, 0) is 36.9 Å². The number of benzene rings is 1. The van der Waals surface area contributed by atoms with Crippen LogP contribution >= 0.6 is 11.3 Å². The van der Waals surface area contributed by atoms with E-state index in [1.807, 2.05) is 11.4 Å². The fourth-order valence-corrected chi connectivity index (χ4v) is 3.01. The summed E-state index contributed by atoms with van der Waals surface area (Å²) in [6.45, 7) is 4.23. The molecule has 0 aliphatic rings. The molecule has 2 aromatic rings. The van der Waals surface area contributed by atoms with E-state index in [0.717, 1.165) is 6.42 Å². The molecule has 1 heterocycles. The first kappa shape index (κ1) is 15.4. The zero-order chi connectivity index (χ0) is 15.2. The summed E-state index contributed by atoms with van der Waals surface area (Å²) in [5.74, 6) is -0.353. The lowest BCUT2D eigenvalue weighted by Crippen LogP contribution is -2.15. The molecule has 1 aromatic carbocycles. The first-order chi connectivity index (χ1) is 10.2. The van der Waals surface area contributed by atoms with Gasteiger partial charge >= 0.3 is 5.97 Å². The van der Waals surface area contributed by atoms with Crippen molar-refractivity contribution >= 4 is 28.7 Å². The number of esters is 1. The quantitative estimate of drug-likeness (QED) is 0.623. The molecule has 0 spiro atoms. The number of anilines is 2. The van der Waals surface area contributed by atoms with Crippen LogP contribution in [0.5, 0.6) is 0 Å². The van der Waals surface area contributed by atoms with Crippen LogP contribution in [-0.4, -0.2) is 12.6 Å². The lowest BCUT2D eigenvalue weighted by molar-refractivity contribution is 0.0527. The highest BCUT2D eigenvalue weighted by Gasteiger charge is 2.18. The largest absolute Gasteiger partial charge is 0.462 e.